The molecular weight excluding hydrogens is 284 g/mol. The Morgan fingerprint density at radius 2 is 1.57 bits per heavy atom. The summed E-state index contributed by atoms with van der Waals surface area (Å²) in [5, 5.41) is 1.88. The largest absolute Gasteiger partial charge is 0.399 e. The van der Waals surface area contributed by atoms with Crippen molar-refractivity contribution in [3.8, 4) is 0 Å². The second-order valence-electron chi connectivity index (χ2n) is 4.74. The standard InChI is InChI=1S/C16H14N2O2S/c17-14-6-3-7-15(11-14)18-21(19,20)16-9-8-12-4-1-2-5-13(12)10-16/h1-11,18H,17H2. The van der Waals surface area contributed by atoms with Crippen LogP contribution in [0.2, 0.25) is 0 Å². The molecule has 4 nitrogen and oxygen atoms in total. The first-order chi connectivity index (χ1) is 10.0. The molecule has 0 aliphatic carbocycles. The minimum Gasteiger partial charge on any atom is -0.399 e. The van der Waals surface area contributed by atoms with Crippen LogP contribution in [0.15, 0.2) is 71.6 Å². The van der Waals surface area contributed by atoms with E-state index in [-0.39, 0.29) is 4.90 Å². The van der Waals surface area contributed by atoms with Gasteiger partial charge in [0.15, 0.2) is 0 Å². The number of sulfonamides is 1. The molecule has 0 spiro atoms. The number of nitrogen functional groups attached to an aromatic ring is 1. The van der Waals surface area contributed by atoms with Crippen molar-refractivity contribution in [3.05, 3.63) is 66.7 Å². The number of anilines is 2. The van der Waals surface area contributed by atoms with Gasteiger partial charge in [-0.05, 0) is 41.1 Å². The molecule has 0 saturated heterocycles. The van der Waals surface area contributed by atoms with Crippen LogP contribution < -0.4 is 10.5 Å². The van der Waals surface area contributed by atoms with E-state index in [0.717, 1.165) is 10.8 Å². The lowest BCUT2D eigenvalue weighted by atomic mass is 10.1. The fourth-order valence-electron chi connectivity index (χ4n) is 2.15. The fourth-order valence-corrected chi connectivity index (χ4v) is 3.24. The molecule has 0 unspecified atom stereocenters. The highest BCUT2D eigenvalue weighted by molar-refractivity contribution is 7.92. The van der Waals surface area contributed by atoms with Crippen molar-refractivity contribution in [3.63, 3.8) is 0 Å². The predicted molar refractivity (Wildman–Crippen MR) is 85.6 cm³/mol. The maximum atomic E-state index is 12.4. The average Bonchev–Trinajstić information content (AvgIpc) is 2.46. The first-order valence-corrected chi connectivity index (χ1v) is 7.90. The van der Waals surface area contributed by atoms with E-state index in [2.05, 4.69) is 4.72 Å². The molecule has 0 bridgehead atoms. The minimum atomic E-state index is -3.63. The maximum absolute atomic E-state index is 12.4. The lowest BCUT2D eigenvalue weighted by Gasteiger charge is -2.09. The summed E-state index contributed by atoms with van der Waals surface area (Å²) in [6, 6.07) is 19.3. The van der Waals surface area contributed by atoms with Crippen LogP contribution in [-0.4, -0.2) is 8.42 Å². The van der Waals surface area contributed by atoms with Crippen LogP contribution in [-0.2, 0) is 10.0 Å². The van der Waals surface area contributed by atoms with Crippen LogP contribution in [0.1, 0.15) is 0 Å². The molecule has 0 heterocycles. The highest BCUT2D eigenvalue weighted by atomic mass is 32.2. The molecule has 3 rings (SSSR count). The van der Waals surface area contributed by atoms with E-state index in [1.807, 2.05) is 24.3 Å². The molecule has 3 aromatic rings. The molecule has 0 amide bonds. The Hall–Kier alpha value is -2.53. The molecular formula is C16H14N2O2S. The van der Waals surface area contributed by atoms with Crippen molar-refractivity contribution in [2.75, 3.05) is 10.5 Å². The third kappa shape index (κ3) is 2.83. The highest BCUT2D eigenvalue weighted by Crippen LogP contribution is 2.22. The molecule has 5 heteroatoms. The molecule has 3 aromatic carbocycles. The molecule has 0 radical (unpaired) electrons. The van der Waals surface area contributed by atoms with Crippen molar-refractivity contribution in [2.24, 2.45) is 0 Å². The lowest BCUT2D eigenvalue weighted by Crippen LogP contribution is -2.13. The second-order valence-corrected chi connectivity index (χ2v) is 6.42. The molecule has 0 fully saturated rings. The minimum absolute atomic E-state index is 0.226. The summed E-state index contributed by atoms with van der Waals surface area (Å²) >= 11 is 0. The third-order valence-electron chi connectivity index (χ3n) is 3.17. The van der Waals surface area contributed by atoms with E-state index in [4.69, 9.17) is 5.73 Å². The third-order valence-corrected chi connectivity index (χ3v) is 4.55. The van der Waals surface area contributed by atoms with Crippen molar-refractivity contribution < 1.29 is 8.42 Å². The Morgan fingerprint density at radius 1 is 0.810 bits per heavy atom. The molecule has 3 N–H and O–H groups in total. The van der Waals surface area contributed by atoms with E-state index < -0.39 is 10.0 Å². The Morgan fingerprint density at radius 3 is 2.33 bits per heavy atom. The SMILES string of the molecule is Nc1cccc(NS(=O)(=O)c2ccc3ccccc3c2)c1. The number of hydrogen-bond acceptors (Lipinski definition) is 3. The molecule has 0 aliphatic heterocycles. The number of fused-ring (bicyclic) bond motifs is 1. The number of nitrogens with one attached hydrogen (secondary N) is 1. The summed E-state index contributed by atoms with van der Waals surface area (Å²) in [7, 11) is -3.63. The second kappa shape index (κ2) is 5.10. The summed E-state index contributed by atoms with van der Waals surface area (Å²) in [5.74, 6) is 0. The first-order valence-electron chi connectivity index (χ1n) is 6.42. The smallest absolute Gasteiger partial charge is 0.261 e. The van der Waals surface area contributed by atoms with Gasteiger partial charge in [0.2, 0.25) is 0 Å². The molecule has 21 heavy (non-hydrogen) atoms. The maximum Gasteiger partial charge on any atom is 0.261 e. The summed E-state index contributed by atoms with van der Waals surface area (Å²) in [4.78, 5) is 0.226. The molecule has 0 aromatic heterocycles. The Kier molecular flexibility index (Phi) is 3.27. The summed E-state index contributed by atoms with van der Waals surface area (Å²) < 4.78 is 27.3. The van der Waals surface area contributed by atoms with Gasteiger partial charge in [-0.15, -0.1) is 0 Å². The van der Waals surface area contributed by atoms with Gasteiger partial charge in [0.05, 0.1) is 10.6 Å². The van der Waals surface area contributed by atoms with Gasteiger partial charge in [-0.1, -0.05) is 36.4 Å². The van der Waals surface area contributed by atoms with Gasteiger partial charge in [0.25, 0.3) is 10.0 Å². The highest BCUT2D eigenvalue weighted by Gasteiger charge is 2.14. The quantitative estimate of drug-likeness (QED) is 0.729. The number of nitrogens with two attached hydrogens (primary N) is 1. The number of rotatable bonds is 3. The Labute approximate surface area is 123 Å². The van der Waals surface area contributed by atoms with Crippen LogP contribution in [0, 0.1) is 0 Å². The van der Waals surface area contributed by atoms with Crippen LogP contribution in [0.5, 0.6) is 0 Å². The van der Waals surface area contributed by atoms with Gasteiger partial charge in [0, 0.05) is 5.69 Å². The van der Waals surface area contributed by atoms with Crippen molar-refractivity contribution in [2.45, 2.75) is 4.90 Å². The summed E-state index contributed by atoms with van der Waals surface area (Å²) in [6.45, 7) is 0. The van der Waals surface area contributed by atoms with Crippen LogP contribution in [0.3, 0.4) is 0 Å². The van der Waals surface area contributed by atoms with Gasteiger partial charge in [-0.25, -0.2) is 8.42 Å². The van der Waals surface area contributed by atoms with E-state index >= 15 is 0 Å². The fraction of sp³-hybridized carbons (Fsp3) is 0. The Balaban J connectivity index is 2.00. The van der Waals surface area contributed by atoms with E-state index in [9.17, 15) is 8.42 Å². The summed E-state index contributed by atoms with van der Waals surface area (Å²) in [5.41, 5.74) is 6.61. The van der Waals surface area contributed by atoms with E-state index in [0.29, 0.717) is 11.4 Å². The van der Waals surface area contributed by atoms with Crippen LogP contribution >= 0.6 is 0 Å². The summed E-state index contributed by atoms with van der Waals surface area (Å²) in [6.07, 6.45) is 0. The van der Waals surface area contributed by atoms with Gasteiger partial charge < -0.3 is 5.73 Å². The zero-order valence-corrected chi connectivity index (χ0v) is 12.0. The van der Waals surface area contributed by atoms with Crippen LogP contribution in [0.25, 0.3) is 10.8 Å². The van der Waals surface area contributed by atoms with Gasteiger partial charge in [-0.3, -0.25) is 4.72 Å². The monoisotopic (exact) mass is 298 g/mol. The van der Waals surface area contributed by atoms with Crippen molar-refractivity contribution in [1.29, 1.82) is 0 Å². The normalized spacial score (nSPS) is 11.4. The lowest BCUT2D eigenvalue weighted by molar-refractivity contribution is 0.601. The Bertz CT molecular complexity index is 905. The molecule has 0 atom stereocenters. The van der Waals surface area contributed by atoms with Gasteiger partial charge >= 0.3 is 0 Å². The van der Waals surface area contributed by atoms with Crippen molar-refractivity contribution in [1.82, 2.24) is 0 Å². The predicted octanol–water partition coefficient (Wildman–Crippen LogP) is 3.22. The zero-order chi connectivity index (χ0) is 14.9. The topological polar surface area (TPSA) is 72.2 Å². The van der Waals surface area contributed by atoms with Crippen molar-refractivity contribution >= 4 is 32.2 Å². The van der Waals surface area contributed by atoms with E-state index in [1.54, 1.807) is 42.5 Å². The molecule has 0 aliphatic rings. The number of hydrogen-bond donors (Lipinski definition) is 2. The average molecular weight is 298 g/mol. The van der Waals surface area contributed by atoms with Gasteiger partial charge in [0.1, 0.15) is 0 Å². The number of benzene rings is 3. The van der Waals surface area contributed by atoms with E-state index in [1.165, 1.54) is 0 Å². The molecule has 106 valence electrons. The molecule has 0 saturated carbocycles. The zero-order valence-electron chi connectivity index (χ0n) is 11.2. The first kappa shape index (κ1) is 13.5. The van der Waals surface area contributed by atoms with Crippen LogP contribution in [0.4, 0.5) is 11.4 Å². The van der Waals surface area contributed by atoms with Gasteiger partial charge in [-0.2, -0.15) is 0 Å².